The molecular formula is C13H10N2S2. The first-order chi connectivity index (χ1) is 8.42. The molecule has 0 saturated heterocycles. The molecule has 0 aromatic carbocycles. The second kappa shape index (κ2) is 3.55. The zero-order valence-corrected chi connectivity index (χ0v) is 10.7. The highest BCUT2D eigenvalue weighted by molar-refractivity contribution is 7.14. The second-order valence-electron chi connectivity index (χ2n) is 4.16. The van der Waals surface area contributed by atoms with E-state index in [1.54, 1.807) is 22.7 Å². The molecule has 3 aromatic rings. The normalized spacial score (nSPS) is 13.4. The molecule has 1 aliphatic carbocycles. The third-order valence-corrected chi connectivity index (χ3v) is 4.98. The van der Waals surface area contributed by atoms with Crippen molar-refractivity contribution in [2.45, 2.75) is 12.8 Å². The third kappa shape index (κ3) is 1.41. The molecule has 3 aromatic heterocycles. The molecule has 2 nitrogen and oxygen atoms in total. The van der Waals surface area contributed by atoms with Gasteiger partial charge in [0.25, 0.3) is 0 Å². The number of thiophene rings is 2. The Morgan fingerprint density at radius 1 is 1.12 bits per heavy atom. The zero-order valence-electron chi connectivity index (χ0n) is 9.06. The van der Waals surface area contributed by atoms with Gasteiger partial charge >= 0.3 is 0 Å². The minimum Gasteiger partial charge on any atom is -0.341 e. The average Bonchev–Trinajstić information content (AvgIpc) is 3.08. The molecule has 17 heavy (non-hydrogen) atoms. The van der Waals surface area contributed by atoms with Gasteiger partial charge in [0, 0.05) is 5.69 Å². The van der Waals surface area contributed by atoms with Gasteiger partial charge in [0.15, 0.2) is 0 Å². The van der Waals surface area contributed by atoms with Crippen LogP contribution in [0.4, 0.5) is 0 Å². The van der Waals surface area contributed by atoms with E-state index in [4.69, 9.17) is 4.98 Å². The minimum absolute atomic E-state index is 1.02. The van der Waals surface area contributed by atoms with Crippen molar-refractivity contribution < 1.29 is 0 Å². The van der Waals surface area contributed by atoms with Crippen LogP contribution in [0, 0.1) is 0 Å². The van der Waals surface area contributed by atoms with E-state index in [1.165, 1.54) is 26.7 Å². The molecule has 1 aliphatic rings. The van der Waals surface area contributed by atoms with Crippen LogP contribution in [0.2, 0.25) is 0 Å². The lowest BCUT2D eigenvalue weighted by atomic mass is 10.0. The number of hydrogen-bond acceptors (Lipinski definition) is 3. The Morgan fingerprint density at radius 2 is 2.12 bits per heavy atom. The maximum Gasteiger partial charge on any atom is 0.148 e. The predicted molar refractivity (Wildman–Crippen MR) is 72.6 cm³/mol. The number of fused-ring (bicyclic) bond motifs is 3. The van der Waals surface area contributed by atoms with Crippen LogP contribution >= 0.6 is 22.7 Å². The molecule has 0 fully saturated rings. The number of aromatic amines is 1. The van der Waals surface area contributed by atoms with E-state index < -0.39 is 0 Å². The summed E-state index contributed by atoms with van der Waals surface area (Å²) in [4.78, 5) is 10.8. The Hall–Kier alpha value is -1.39. The first-order valence-electron chi connectivity index (χ1n) is 5.61. The van der Waals surface area contributed by atoms with E-state index in [0.717, 1.165) is 18.7 Å². The molecule has 4 heteroatoms. The van der Waals surface area contributed by atoms with Crippen molar-refractivity contribution in [2.24, 2.45) is 0 Å². The fraction of sp³-hybridized carbons (Fsp3) is 0.154. The molecule has 0 unspecified atom stereocenters. The van der Waals surface area contributed by atoms with E-state index in [-0.39, 0.29) is 0 Å². The molecule has 0 radical (unpaired) electrons. The number of nitrogens with zero attached hydrogens (tertiary/aromatic N) is 1. The van der Waals surface area contributed by atoms with Crippen LogP contribution < -0.4 is 0 Å². The van der Waals surface area contributed by atoms with Crippen molar-refractivity contribution in [3.05, 3.63) is 40.2 Å². The molecule has 0 bridgehead atoms. The van der Waals surface area contributed by atoms with Gasteiger partial charge in [-0.05, 0) is 41.3 Å². The Labute approximate surface area is 107 Å². The first-order valence-corrected chi connectivity index (χ1v) is 7.37. The van der Waals surface area contributed by atoms with Crippen LogP contribution in [0.25, 0.3) is 21.3 Å². The average molecular weight is 258 g/mol. The maximum absolute atomic E-state index is 4.77. The molecule has 1 N–H and O–H groups in total. The smallest absolute Gasteiger partial charge is 0.148 e. The van der Waals surface area contributed by atoms with Gasteiger partial charge < -0.3 is 4.98 Å². The van der Waals surface area contributed by atoms with Crippen molar-refractivity contribution in [2.75, 3.05) is 0 Å². The Balaban J connectivity index is 1.90. The largest absolute Gasteiger partial charge is 0.341 e. The van der Waals surface area contributed by atoms with Gasteiger partial charge in [-0.2, -0.15) is 0 Å². The number of hydrogen-bond donors (Lipinski definition) is 1. The molecule has 3 heterocycles. The molecule has 0 spiro atoms. The summed E-state index contributed by atoms with van der Waals surface area (Å²) < 4.78 is 0. The lowest BCUT2D eigenvalue weighted by Gasteiger charge is -2.09. The molecule has 0 aliphatic heterocycles. The summed E-state index contributed by atoms with van der Waals surface area (Å²) in [5, 5.41) is 4.26. The molecule has 0 atom stereocenters. The Kier molecular flexibility index (Phi) is 2.01. The van der Waals surface area contributed by atoms with Gasteiger partial charge in [0.05, 0.1) is 9.75 Å². The number of aryl methyl sites for hydroxylation is 2. The molecule has 0 amide bonds. The van der Waals surface area contributed by atoms with E-state index >= 15 is 0 Å². The lowest BCUT2D eigenvalue weighted by molar-refractivity contribution is 0.916. The van der Waals surface area contributed by atoms with Gasteiger partial charge in [0.2, 0.25) is 0 Å². The van der Waals surface area contributed by atoms with Crippen molar-refractivity contribution in [3.63, 3.8) is 0 Å². The summed E-state index contributed by atoms with van der Waals surface area (Å²) in [6.45, 7) is 0. The number of nitrogens with one attached hydrogen (secondary N) is 1. The summed E-state index contributed by atoms with van der Waals surface area (Å²) in [6.07, 6.45) is 2.22. The number of imidazole rings is 1. The highest BCUT2D eigenvalue weighted by Crippen LogP contribution is 2.37. The fourth-order valence-corrected chi connectivity index (χ4v) is 3.95. The van der Waals surface area contributed by atoms with E-state index in [1.807, 2.05) is 0 Å². The van der Waals surface area contributed by atoms with Crippen LogP contribution in [0.3, 0.4) is 0 Å². The molecule has 0 saturated carbocycles. The monoisotopic (exact) mass is 258 g/mol. The Bertz CT molecular complexity index is 661. The van der Waals surface area contributed by atoms with Crippen LogP contribution in [0.5, 0.6) is 0 Å². The summed E-state index contributed by atoms with van der Waals surface area (Å²) in [7, 11) is 0. The van der Waals surface area contributed by atoms with Gasteiger partial charge in [-0.3, -0.25) is 0 Å². The van der Waals surface area contributed by atoms with Gasteiger partial charge in [0.1, 0.15) is 11.5 Å². The van der Waals surface area contributed by atoms with Crippen molar-refractivity contribution in [3.8, 4) is 21.3 Å². The second-order valence-corrected chi connectivity index (χ2v) is 6.03. The maximum atomic E-state index is 4.77. The molecular weight excluding hydrogens is 248 g/mol. The summed E-state index contributed by atoms with van der Waals surface area (Å²) in [5.41, 5.74) is 3.92. The van der Waals surface area contributed by atoms with Gasteiger partial charge in [-0.15, -0.1) is 22.7 Å². The number of aromatic nitrogens is 2. The Morgan fingerprint density at radius 3 is 3.00 bits per heavy atom. The standard InChI is InChI=1S/C13H10N2S2/c1-2-10(16-6-1)13-14-9-4-3-8-5-7-17-12(8)11(9)15-13/h1-2,5-7H,3-4H2,(H,14,15). The summed E-state index contributed by atoms with van der Waals surface area (Å²) in [5.74, 6) is 1.02. The van der Waals surface area contributed by atoms with Crippen molar-refractivity contribution >= 4 is 22.7 Å². The predicted octanol–water partition coefficient (Wildman–Crippen LogP) is 3.97. The SMILES string of the molecule is c1csc(-c2nc3c([nH]2)CCc2ccsc2-3)c1. The quantitative estimate of drug-likeness (QED) is 0.703. The van der Waals surface area contributed by atoms with Crippen molar-refractivity contribution in [1.82, 2.24) is 9.97 Å². The van der Waals surface area contributed by atoms with E-state index in [0.29, 0.717) is 0 Å². The highest BCUT2D eigenvalue weighted by atomic mass is 32.1. The fourth-order valence-electron chi connectivity index (χ4n) is 2.31. The van der Waals surface area contributed by atoms with Crippen LogP contribution in [-0.2, 0) is 12.8 Å². The minimum atomic E-state index is 1.02. The van der Waals surface area contributed by atoms with E-state index in [9.17, 15) is 0 Å². The van der Waals surface area contributed by atoms with Gasteiger partial charge in [-0.25, -0.2) is 4.98 Å². The van der Waals surface area contributed by atoms with Crippen LogP contribution in [-0.4, -0.2) is 9.97 Å². The summed E-state index contributed by atoms with van der Waals surface area (Å²) >= 11 is 3.53. The number of H-pyrrole nitrogens is 1. The number of rotatable bonds is 1. The van der Waals surface area contributed by atoms with E-state index in [2.05, 4.69) is 33.9 Å². The zero-order chi connectivity index (χ0) is 11.2. The molecule has 4 rings (SSSR count). The highest BCUT2D eigenvalue weighted by Gasteiger charge is 2.21. The summed E-state index contributed by atoms with van der Waals surface area (Å²) in [6, 6.07) is 6.41. The van der Waals surface area contributed by atoms with Crippen LogP contribution in [0.15, 0.2) is 29.0 Å². The first kappa shape index (κ1) is 9.62. The van der Waals surface area contributed by atoms with Crippen molar-refractivity contribution in [1.29, 1.82) is 0 Å². The third-order valence-electron chi connectivity index (χ3n) is 3.14. The lowest BCUT2D eigenvalue weighted by Crippen LogP contribution is -1.99. The van der Waals surface area contributed by atoms with Crippen LogP contribution in [0.1, 0.15) is 11.3 Å². The topological polar surface area (TPSA) is 28.7 Å². The molecule has 84 valence electrons. The van der Waals surface area contributed by atoms with Gasteiger partial charge in [-0.1, -0.05) is 6.07 Å².